The molecule has 0 radical (unpaired) electrons. The first-order valence-electron chi connectivity index (χ1n) is 6.08. The maximum Gasteiger partial charge on any atom is 0.238 e. The highest BCUT2D eigenvalue weighted by molar-refractivity contribution is 5.95. The summed E-state index contributed by atoms with van der Waals surface area (Å²) in [5.41, 5.74) is 6.37. The van der Waals surface area contributed by atoms with Crippen LogP contribution in [0, 0.1) is 11.7 Å². The van der Waals surface area contributed by atoms with Crippen LogP contribution in [-0.4, -0.2) is 30.9 Å². The molecular formula is C13H18FN3O. The predicted octanol–water partition coefficient (Wildman–Crippen LogP) is 1.69. The van der Waals surface area contributed by atoms with Crippen molar-refractivity contribution < 1.29 is 9.18 Å². The van der Waals surface area contributed by atoms with E-state index in [1.54, 1.807) is 0 Å². The van der Waals surface area contributed by atoms with E-state index in [1.807, 2.05) is 11.9 Å². The summed E-state index contributed by atoms with van der Waals surface area (Å²) in [6.07, 6.45) is 2.51. The monoisotopic (exact) mass is 251 g/mol. The molecule has 0 aromatic heterocycles. The van der Waals surface area contributed by atoms with Gasteiger partial charge >= 0.3 is 0 Å². The molecule has 98 valence electrons. The third kappa shape index (κ3) is 3.70. The van der Waals surface area contributed by atoms with Crippen LogP contribution in [0.1, 0.15) is 12.8 Å². The van der Waals surface area contributed by atoms with E-state index in [0.717, 1.165) is 12.5 Å². The highest BCUT2D eigenvalue weighted by atomic mass is 19.1. The molecule has 1 amide bonds. The predicted molar refractivity (Wildman–Crippen MR) is 69.7 cm³/mol. The third-order valence-corrected chi connectivity index (χ3v) is 2.97. The van der Waals surface area contributed by atoms with Crippen LogP contribution in [0.4, 0.5) is 15.8 Å². The summed E-state index contributed by atoms with van der Waals surface area (Å²) in [7, 11) is 1.91. The Morgan fingerprint density at radius 2 is 2.28 bits per heavy atom. The first kappa shape index (κ1) is 12.8. The number of nitrogens with zero attached hydrogens (tertiary/aromatic N) is 1. The van der Waals surface area contributed by atoms with Crippen molar-refractivity contribution in [2.75, 3.05) is 31.2 Å². The molecule has 1 fully saturated rings. The van der Waals surface area contributed by atoms with Gasteiger partial charge in [-0.1, -0.05) is 0 Å². The summed E-state index contributed by atoms with van der Waals surface area (Å²) in [6, 6.07) is 3.94. The van der Waals surface area contributed by atoms with Crippen molar-refractivity contribution in [2.45, 2.75) is 12.8 Å². The highest BCUT2D eigenvalue weighted by Crippen LogP contribution is 2.29. The van der Waals surface area contributed by atoms with Crippen LogP contribution in [0.5, 0.6) is 0 Å². The third-order valence-electron chi connectivity index (χ3n) is 2.97. The van der Waals surface area contributed by atoms with Gasteiger partial charge in [0.25, 0.3) is 0 Å². The minimum absolute atomic E-state index is 0.171. The van der Waals surface area contributed by atoms with Crippen molar-refractivity contribution in [1.82, 2.24) is 4.90 Å². The molecule has 0 bridgehead atoms. The SMILES string of the molecule is CN(CC(=O)Nc1cc(F)ccc1N)CC1CC1. The van der Waals surface area contributed by atoms with Gasteiger partial charge in [0, 0.05) is 6.54 Å². The second-order valence-electron chi connectivity index (χ2n) is 4.92. The molecule has 1 aromatic carbocycles. The zero-order valence-electron chi connectivity index (χ0n) is 10.4. The van der Waals surface area contributed by atoms with Crippen LogP contribution in [0.2, 0.25) is 0 Å². The van der Waals surface area contributed by atoms with E-state index < -0.39 is 5.82 Å². The van der Waals surface area contributed by atoms with Crippen LogP contribution >= 0.6 is 0 Å². The Balaban J connectivity index is 1.87. The molecule has 18 heavy (non-hydrogen) atoms. The van der Waals surface area contributed by atoms with Gasteiger partial charge in [-0.15, -0.1) is 0 Å². The standard InChI is InChI=1S/C13H18FN3O/c1-17(7-9-2-3-9)8-13(18)16-12-6-10(14)4-5-11(12)15/h4-6,9H,2-3,7-8,15H2,1H3,(H,16,18). The lowest BCUT2D eigenvalue weighted by Crippen LogP contribution is -2.31. The van der Waals surface area contributed by atoms with E-state index in [4.69, 9.17) is 5.73 Å². The summed E-state index contributed by atoms with van der Waals surface area (Å²) in [4.78, 5) is 13.7. The van der Waals surface area contributed by atoms with Gasteiger partial charge in [-0.05, 0) is 44.0 Å². The Labute approximate surface area is 106 Å². The molecule has 0 spiro atoms. The Hall–Kier alpha value is -1.62. The number of nitrogen functional groups attached to an aromatic ring is 1. The normalized spacial score (nSPS) is 14.8. The van der Waals surface area contributed by atoms with Gasteiger partial charge in [-0.25, -0.2) is 4.39 Å². The maximum absolute atomic E-state index is 13.0. The minimum atomic E-state index is -0.411. The zero-order chi connectivity index (χ0) is 13.1. The Kier molecular flexibility index (Phi) is 3.81. The van der Waals surface area contributed by atoms with Crippen molar-refractivity contribution in [3.05, 3.63) is 24.0 Å². The molecule has 1 saturated carbocycles. The van der Waals surface area contributed by atoms with Crippen molar-refractivity contribution in [1.29, 1.82) is 0 Å². The fourth-order valence-electron chi connectivity index (χ4n) is 1.88. The quantitative estimate of drug-likeness (QED) is 0.783. The lowest BCUT2D eigenvalue weighted by molar-refractivity contribution is -0.117. The summed E-state index contributed by atoms with van der Waals surface area (Å²) in [6.45, 7) is 1.23. The van der Waals surface area contributed by atoms with Gasteiger partial charge in [0.1, 0.15) is 5.82 Å². The Morgan fingerprint density at radius 3 is 2.94 bits per heavy atom. The van der Waals surface area contributed by atoms with Crippen LogP contribution in [0.15, 0.2) is 18.2 Å². The van der Waals surface area contributed by atoms with E-state index >= 15 is 0 Å². The average Bonchev–Trinajstić information content (AvgIpc) is 3.07. The van der Waals surface area contributed by atoms with E-state index in [2.05, 4.69) is 5.32 Å². The molecule has 2 rings (SSSR count). The molecule has 0 unspecified atom stereocenters. The van der Waals surface area contributed by atoms with Gasteiger partial charge in [0.15, 0.2) is 0 Å². The number of nitrogens with two attached hydrogens (primary N) is 1. The number of likely N-dealkylation sites (N-methyl/N-ethyl adjacent to an activating group) is 1. The molecule has 0 aliphatic heterocycles. The lowest BCUT2D eigenvalue weighted by Gasteiger charge is -2.16. The first-order chi connectivity index (χ1) is 8.54. The van der Waals surface area contributed by atoms with Gasteiger partial charge in [-0.3, -0.25) is 9.69 Å². The second-order valence-corrected chi connectivity index (χ2v) is 4.92. The van der Waals surface area contributed by atoms with Gasteiger partial charge in [-0.2, -0.15) is 0 Å². The van der Waals surface area contributed by atoms with Crippen LogP contribution < -0.4 is 11.1 Å². The first-order valence-corrected chi connectivity index (χ1v) is 6.08. The molecule has 4 nitrogen and oxygen atoms in total. The van der Waals surface area contributed by atoms with Crippen LogP contribution in [0.3, 0.4) is 0 Å². The van der Waals surface area contributed by atoms with E-state index in [-0.39, 0.29) is 5.91 Å². The number of hydrogen-bond donors (Lipinski definition) is 2. The van der Waals surface area contributed by atoms with Gasteiger partial charge in [0.05, 0.1) is 17.9 Å². The molecule has 0 heterocycles. The fourth-order valence-corrected chi connectivity index (χ4v) is 1.88. The summed E-state index contributed by atoms with van der Waals surface area (Å²) in [5, 5.41) is 2.63. The number of nitrogens with one attached hydrogen (secondary N) is 1. The summed E-state index contributed by atoms with van der Waals surface area (Å²) >= 11 is 0. The van der Waals surface area contributed by atoms with E-state index in [1.165, 1.54) is 31.0 Å². The number of halogens is 1. The highest BCUT2D eigenvalue weighted by Gasteiger charge is 2.23. The van der Waals surface area contributed by atoms with Crippen LogP contribution in [-0.2, 0) is 4.79 Å². The number of benzene rings is 1. The lowest BCUT2D eigenvalue weighted by atomic mass is 10.2. The molecule has 0 atom stereocenters. The number of anilines is 2. The number of hydrogen-bond acceptors (Lipinski definition) is 3. The smallest absolute Gasteiger partial charge is 0.238 e. The number of carbonyl (C=O) groups is 1. The Bertz CT molecular complexity index is 446. The molecule has 1 aliphatic rings. The summed E-state index contributed by atoms with van der Waals surface area (Å²) in [5.74, 6) is 0.156. The molecule has 0 saturated heterocycles. The van der Waals surface area contributed by atoms with E-state index in [9.17, 15) is 9.18 Å². The van der Waals surface area contributed by atoms with Gasteiger partial charge < -0.3 is 11.1 Å². The summed E-state index contributed by atoms with van der Waals surface area (Å²) < 4.78 is 13.0. The van der Waals surface area contributed by atoms with E-state index in [0.29, 0.717) is 17.9 Å². The minimum Gasteiger partial charge on any atom is -0.397 e. The van der Waals surface area contributed by atoms with Crippen molar-refractivity contribution in [3.63, 3.8) is 0 Å². The Morgan fingerprint density at radius 1 is 1.56 bits per heavy atom. The van der Waals surface area contributed by atoms with Crippen molar-refractivity contribution in [3.8, 4) is 0 Å². The number of rotatable bonds is 5. The molecular weight excluding hydrogens is 233 g/mol. The van der Waals surface area contributed by atoms with Gasteiger partial charge in [0.2, 0.25) is 5.91 Å². The molecule has 1 aromatic rings. The maximum atomic E-state index is 13.0. The average molecular weight is 251 g/mol. The number of carbonyl (C=O) groups excluding carboxylic acids is 1. The largest absolute Gasteiger partial charge is 0.397 e. The number of amides is 1. The fraction of sp³-hybridized carbons (Fsp3) is 0.462. The van der Waals surface area contributed by atoms with Crippen molar-refractivity contribution >= 4 is 17.3 Å². The molecule has 5 heteroatoms. The van der Waals surface area contributed by atoms with Crippen molar-refractivity contribution in [2.24, 2.45) is 5.92 Å². The molecule has 1 aliphatic carbocycles. The van der Waals surface area contributed by atoms with Crippen LogP contribution in [0.25, 0.3) is 0 Å². The zero-order valence-corrected chi connectivity index (χ0v) is 10.4. The second kappa shape index (κ2) is 5.35. The molecule has 3 N–H and O–H groups in total. The topological polar surface area (TPSA) is 58.4 Å².